The SMILES string of the molecule is c1ccc(-c2nc(-c3ccc(-c4ccc5c(c4)C4c6ccccc6C5c5cc(-c6ccnnc6)ccc54)cc3)nc(-c3ccc(-c4cccc5c4sc4ccccc45)cc3)n2)cc1. The fourth-order valence-electron chi connectivity index (χ4n) is 9.97. The Labute approximate surface area is 368 Å². The first-order valence-corrected chi connectivity index (χ1v) is 22.1. The van der Waals surface area contributed by atoms with Gasteiger partial charge in [-0.2, -0.15) is 10.2 Å². The highest BCUT2D eigenvalue weighted by Crippen LogP contribution is 2.56. The van der Waals surface area contributed by atoms with Crippen LogP contribution in [-0.2, 0) is 0 Å². The van der Waals surface area contributed by atoms with Crippen LogP contribution in [0.3, 0.4) is 0 Å². The van der Waals surface area contributed by atoms with Crippen molar-refractivity contribution < 1.29 is 0 Å². The standard InChI is InChI=1S/C57H35N5S/c1-2-9-36(10-3-1)55-60-56(62-57(61-55)38-23-19-35(20-24-38)42-14-8-15-48-43-11-6-7-16-51(43)63-54(42)48)37-21-17-34(18-22-37)39-25-27-46-49(31-39)52-44-12-4-5-13-45(44)53(46)50-32-40(26-28-47(50)52)41-29-30-58-59-33-41/h1-33,52-53H. The van der Waals surface area contributed by atoms with Crippen molar-refractivity contribution in [2.24, 2.45) is 0 Å². The van der Waals surface area contributed by atoms with Crippen LogP contribution in [0.5, 0.6) is 0 Å². The second-order valence-corrected chi connectivity index (χ2v) is 17.5. The van der Waals surface area contributed by atoms with Crippen molar-refractivity contribution in [1.29, 1.82) is 0 Å². The topological polar surface area (TPSA) is 64.5 Å². The fraction of sp³-hybridized carbons (Fsp3) is 0.0351. The molecule has 0 saturated heterocycles. The van der Waals surface area contributed by atoms with Gasteiger partial charge in [0.1, 0.15) is 0 Å². The van der Waals surface area contributed by atoms with E-state index < -0.39 is 0 Å². The molecule has 0 saturated carbocycles. The summed E-state index contributed by atoms with van der Waals surface area (Å²) in [6.07, 6.45) is 3.61. The molecule has 2 unspecified atom stereocenters. The summed E-state index contributed by atoms with van der Waals surface area (Å²) in [7, 11) is 0. The molecule has 3 heterocycles. The molecule has 0 amide bonds. The van der Waals surface area contributed by atoms with Crippen LogP contribution < -0.4 is 0 Å². The quantitative estimate of drug-likeness (QED) is 0.167. The van der Waals surface area contributed by atoms with Gasteiger partial charge in [-0.15, -0.1) is 11.3 Å². The Hall–Kier alpha value is -7.93. The molecule has 0 radical (unpaired) electrons. The summed E-state index contributed by atoms with van der Waals surface area (Å²) in [5.41, 5.74) is 18.1. The van der Waals surface area contributed by atoms with E-state index in [1.807, 2.05) is 41.8 Å². The number of fused-ring (bicyclic) bond motifs is 3. The van der Waals surface area contributed by atoms with E-state index in [9.17, 15) is 0 Å². The van der Waals surface area contributed by atoms with Crippen molar-refractivity contribution in [3.8, 4) is 67.5 Å². The molecular weight excluding hydrogens is 787 g/mol. The van der Waals surface area contributed by atoms with Crippen molar-refractivity contribution in [1.82, 2.24) is 25.1 Å². The average molecular weight is 822 g/mol. The van der Waals surface area contributed by atoms with Crippen LogP contribution in [0.4, 0.5) is 0 Å². The first-order valence-electron chi connectivity index (χ1n) is 21.3. The number of nitrogens with zero attached hydrogens (tertiary/aromatic N) is 5. The van der Waals surface area contributed by atoms with Gasteiger partial charge in [0.05, 0.1) is 12.4 Å². The second kappa shape index (κ2) is 14.3. The number of hydrogen-bond acceptors (Lipinski definition) is 6. The summed E-state index contributed by atoms with van der Waals surface area (Å²) in [6.45, 7) is 0. The molecule has 3 aromatic heterocycles. The Morgan fingerprint density at radius 1 is 0.333 bits per heavy atom. The lowest BCUT2D eigenvalue weighted by molar-refractivity contribution is 0.755. The first-order chi connectivity index (χ1) is 31.2. The second-order valence-electron chi connectivity index (χ2n) is 16.4. The predicted octanol–water partition coefficient (Wildman–Crippen LogP) is 14.0. The van der Waals surface area contributed by atoms with E-state index in [4.69, 9.17) is 15.0 Å². The summed E-state index contributed by atoms with van der Waals surface area (Å²) < 4.78 is 2.61. The highest BCUT2D eigenvalue weighted by molar-refractivity contribution is 7.26. The molecule has 5 nitrogen and oxygen atoms in total. The van der Waals surface area contributed by atoms with Crippen LogP contribution >= 0.6 is 11.3 Å². The van der Waals surface area contributed by atoms with E-state index in [0.29, 0.717) is 17.5 Å². The zero-order valence-corrected chi connectivity index (χ0v) is 34.7. The van der Waals surface area contributed by atoms with E-state index in [1.165, 1.54) is 75.8 Å². The monoisotopic (exact) mass is 821 g/mol. The van der Waals surface area contributed by atoms with Gasteiger partial charge in [-0.05, 0) is 85.5 Å². The van der Waals surface area contributed by atoms with Gasteiger partial charge < -0.3 is 0 Å². The normalized spacial score (nSPS) is 14.7. The van der Waals surface area contributed by atoms with E-state index in [0.717, 1.165) is 27.8 Å². The van der Waals surface area contributed by atoms with Crippen LogP contribution in [0.1, 0.15) is 45.2 Å². The van der Waals surface area contributed by atoms with Crippen LogP contribution in [0.15, 0.2) is 200 Å². The fourth-order valence-corrected chi connectivity index (χ4v) is 11.2. The summed E-state index contributed by atoms with van der Waals surface area (Å²) in [5, 5.41) is 10.7. The van der Waals surface area contributed by atoms with Crippen LogP contribution in [0.25, 0.3) is 87.7 Å². The summed E-state index contributed by atoms with van der Waals surface area (Å²) >= 11 is 1.85. The highest BCUT2D eigenvalue weighted by atomic mass is 32.1. The lowest BCUT2D eigenvalue weighted by Gasteiger charge is -2.42. The highest BCUT2D eigenvalue weighted by Gasteiger charge is 2.41. The van der Waals surface area contributed by atoms with Gasteiger partial charge in [-0.3, -0.25) is 0 Å². The van der Waals surface area contributed by atoms with Crippen molar-refractivity contribution in [2.45, 2.75) is 11.8 Å². The van der Waals surface area contributed by atoms with Gasteiger partial charge in [0, 0.05) is 54.3 Å². The number of aromatic nitrogens is 5. The molecule has 11 aromatic rings. The third kappa shape index (κ3) is 5.87. The Bertz CT molecular complexity index is 3560. The van der Waals surface area contributed by atoms with E-state index >= 15 is 0 Å². The van der Waals surface area contributed by atoms with E-state index in [-0.39, 0.29) is 11.8 Å². The Kier molecular flexibility index (Phi) is 8.14. The molecule has 0 fully saturated rings. The minimum atomic E-state index is 0.165. The molecular formula is C57H35N5S. The molecule has 14 rings (SSSR count). The minimum absolute atomic E-state index is 0.165. The molecule has 6 heteroatoms. The van der Waals surface area contributed by atoms with Crippen molar-refractivity contribution in [3.05, 3.63) is 234 Å². The Morgan fingerprint density at radius 3 is 1.48 bits per heavy atom. The lowest BCUT2D eigenvalue weighted by Crippen LogP contribution is -2.27. The van der Waals surface area contributed by atoms with Crippen molar-refractivity contribution in [3.63, 3.8) is 0 Å². The summed E-state index contributed by atoms with van der Waals surface area (Å²) in [5.74, 6) is 2.27. The summed E-state index contributed by atoms with van der Waals surface area (Å²) in [4.78, 5) is 15.2. The molecule has 294 valence electrons. The van der Waals surface area contributed by atoms with Gasteiger partial charge in [0.15, 0.2) is 17.5 Å². The number of benzene rings is 8. The van der Waals surface area contributed by atoms with Crippen molar-refractivity contribution >= 4 is 31.5 Å². The molecule has 3 aliphatic carbocycles. The van der Waals surface area contributed by atoms with Crippen LogP contribution in [-0.4, -0.2) is 25.1 Å². The van der Waals surface area contributed by atoms with E-state index in [1.54, 1.807) is 6.20 Å². The Morgan fingerprint density at radius 2 is 0.841 bits per heavy atom. The third-order valence-corrected chi connectivity index (χ3v) is 14.2. The zero-order valence-electron chi connectivity index (χ0n) is 33.9. The Balaban J connectivity index is 0.847. The van der Waals surface area contributed by atoms with Gasteiger partial charge in [-0.1, -0.05) is 164 Å². The molecule has 0 spiro atoms. The largest absolute Gasteiger partial charge is 0.208 e. The third-order valence-electron chi connectivity index (χ3n) is 13.0. The van der Waals surface area contributed by atoms with E-state index in [2.05, 4.69) is 174 Å². The molecule has 0 aliphatic heterocycles. The lowest BCUT2D eigenvalue weighted by atomic mass is 9.60. The summed E-state index contributed by atoms with van der Waals surface area (Å²) in [6, 6.07) is 67.8. The molecule has 2 bridgehead atoms. The van der Waals surface area contributed by atoms with Gasteiger partial charge in [0.25, 0.3) is 0 Å². The zero-order chi connectivity index (χ0) is 41.4. The van der Waals surface area contributed by atoms with Crippen molar-refractivity contribution in [2.75, 3.05) is 0 Å². The smallest absolute Gasteiger partial charge is 0.164 e. The van der Waals surface area contributed by atoms with Crippen LogP contribution in [0, 0.1) is 0 Å². The molecule has 8 aromatic carbocycles. The minimum Gasteiger partial charge on any atom is -0.208 e. The molecule has 0 N–H and O–H groups in total. The maximum absolute atomic E-state index is 5.11. The first kappa shape index (κ1) is 35.8. The predicted molar refractivity (Wildman–Crippen MR) is 256 cm³/mol. The maximum atomic E-state index is 5.11. The molecule has 3 aliphatic rings. The van der Waals surface area contributed by atoms with Crippen LogP contribution in [0.2, 0.25) is 0 Å². The van der Waals surface area contributed by atoms with Gasteiger partial charge in [0.2, 0.25) is 0 Å². The maximum Gasteiger partial charge on any atom is 0.164 e. The number of rotatable bonds is 6. The molecule has 2 atom stereocenters. The van der Waals surface area contributed by atoms with Gasteiger partial charge >= 0.3 is 0 Å². The molecule has 63 heavy (non-hydrogen) atoms. The van der Waals surface area contributed by atoms with Gasteiger partial charge in [-0.25, -0.2) is 15.0 Å². The number of thiophene rings is 1. The number of hydrogen-bond donors (Lipinski definition) is 0. The average Bonchev–Trinajstić information content (AvgIpc) is 3.75.